The fraction of sp³-hybridized carbons (Fsp3) is 0.462. The van der Waals surface area contributed by atoms with Crippen molar-refractivity contribution in [3.05, 3.63) is 63.5 Å². The van der Waals surface area contributed by atoms with Crippen LogP contribution in [0.2, 0.25) is 0 Å². The lowest BCUT2D eigenvalue weighted by atomic mass is 9.94. The number of nitrogens with zero attached hydrogens (tertiary/aromatic N) is 3. The molecule has 3 aliphatic rings. The van der Waals surface area contributed by atoms with Gasteiger partial charge in [0.15, 0.2) is 11.6 Å². The largest absolute Gasteiger partial charge is 0.493 e. The summed E-state index contributed by atoms with van der Waals surface area (Å²) in [5.74, 6) is -0.665. The van der Waals surface area contributed by atoms with Crippen molar-refractivity contribution < 1.29 is 23.4 Å². The molecule has 0 unspecified atom stereocenters. The SMILES string of the molecule is COc1c(CCN2CCN3C[C@H](c4ccc5c(c4C)COC5=O)OC[C@H]3C2)ccc(C#N)c1F.Cl. The highest BCUT2D eigenvalue weighted by Gasteiger charge is 2.35. The summed E-state index contributed by atoms with van der Waals surface area (Å²) in [4.78, 5) is 16.7. The predicted octanol–water partition coefficient (Wildman–Crippen LogP) is 3.41. The maximum Gasteiger partial charge on any atom is 0.338 e. The second-order valence-electron chi connectivity index (χ2n) is 9.13. The van der Waals surface area contributed by atoms with Crippen LogP contribution in [0.1, 0.15) is 44.3 Å². The van der Waals surface area contributed by atoms with Gasteiger partial charge in [-0.1, -0.05) is 12.1 Å². The molecule has 0 N–H and O–H groups in total. The summed E-state index contributed by atoms with van der Waals surface area (Å²) >= 11 is 0. The van der Waals surface area contributed by atoms with Crippen LogP contribution in [0.3, 0.4) is 0 Å². The van der Waals surface area contributed by atoms with E-state index in [2.05, 4.69) is 9.80 Å². The normalized spacial score (nSPS) is 21.9. The van der Waals surface area contributed by atoms with Crippen LogP contribution in [0.15, 0.2) is 24.3 Å². The molecule has 35 heavy (non-hydrogen) atoms. The average molecular weight is 502 g/mol. The van der Waals surface area contributed by atoms with Crippen molar-refractivity contribution in [1.82, 2.24) is 9.80 Å². The number of rotatable bonds is 5. The molecule has 2 atom stereocenters. The highest BCUT2D eigenvalue weighted by Crippen LogP contribution is 2.34. The third-order valence-electron chi connectivity index (χ3n) is 7.33. The number of cyclic esters (lactones) is 1. The number of carbonyl (C=O) groups is 1. The monoisotopic (exact) mass is 501 g/mol. The summed E-state index contributed by atoms with van der Waals surface area (Å²) in [6.07, 6.45) is 0.631. The molecule has 9 heteroatoms. The van der Waals surface area contributed by atoms with Crippen molar-refractivity contribution in [1.29, 1.82) is 5.26 Å². The molecule has 2 aromatic carbocycles. The summed E-state index contributed by atoms with van der Waals surface area (Å²) in [7, 11) is 1.44. The van der Waals surface area contributed by atoms with E-state index in [0.717, 1.165) is 55.0 Å². The number of methoxy groups -OCH3 is 1. The van der Waals surface area contributed by atoms with Crippen LogP contribution in [0.5, 0.6) is 5.75 Å². The summed E-state index contributed by atoms with van der Waals surface area (Å²) in [5, 5.41) is 9.04. The van der Waals surface area contributed by atoms with E-state index in [4.69, 9.17) is 19.5 Å². The van der Waals surface area contributed by atoms with E-state index < -0.39 is 5.82 Å². The molecule has 2 fully saturated rings. The van der Waals surface area contributed by atoms with E-state index >= 15 is 0 Å². The molecule has 0 aromatic heterocycles. The van der Waals surface area contributed by atoms with Crippen molar-refractivity contribution in [2.45, 2.75) is 32.1 Å². The molecule has 0 saturated carbocycles. The Hall–Kier alpha value is -2.70. The summed E-state index contributed by atoms with van der Waals surface area (Å²) < 4.78 is 31.1. The second kappa shape index (κ2) is 10.5. The van der Waals surface area contributed by atoms with E-state index in [1.807, 2.05) is 25.1 Å². The first-order valence-corrected chi connectivity index (χ1v) is 11.6. The Balaban J connectivity index is 0.00000289. The number of nitriles is 1. The maximum atomic E-state index is 14.4. The van der Waals surface area contributed by atoms with Gasteiger partial charge in [-0.25, -0.2) is 9.18 Å². The fourth-order valence-corrected chi connectivity index (χ4v) is 5.33. The summed E-state index contributed by atoms with van der Waals surface area (Å²) in [6, 6.07) is 9.34. The van der Waals surface area contributed by atoms with Gasteiger partial charge >= 0.3 is 5.97 Å². The summed E-state index contributed by atoms with van der Waals surface area (Å²) in [5.41, 5.74) is 4.65. The lowest BCUT2D eigenvalue weighted by molar-refractivity contribution is -0.0903. The Morgan fingerprint density at radius 3 is 2.83 bits per heavy atom. The van der Waals surface area contributed by atoms with Crippen molar-refractivity contribution >= 4 is 18.4 Å². The molecule has 186 valence electrons. The molecule has 5 rings (SSSR count). The number of ether oxygens (including phenoxy) is 3. The lowest BCUT2D eigenvalue weighted by Gasteiger charge is -2.46. The molecule has 0 aliphatic carbocycles. The van der Waals surface area contributed by atoms with Crippen LogP contribution < -0.4 is 4.74 Å². The number of fused-ring (bicyclic) bond motifs is 2. The van der Waals surface area contributed by atoms with Crippen molar-refractivity contribution in [3.63, 3.8) is 0 Å². The van der Waals surface area contributed by atoms with Crippen LogP contribution in [-0.4, -0.2) is 68.3 Å². The number of morpholine rings is 1. The van der Waals surface area contributed by atoms with Crippen molar-refractivity contribution in [2.24, 2.45) is 0 Å². The van der Waals surface area contributed by atoms with Gasteiger partial charge in [0.05, 0.1) is 30.9 Å². The topological polar surface area (TPSA) is 75.0 Å². The minimum atomic E-state index is -0.586. The number of benzene rings is 2. The molecule has 0 spiro atoms. The number of hydrogen-bond acceptors (Lipinski definition) is 7. The minimum absolute atomic E-state index is 0. The van der Waals surface area contributed by atoms with Gasteiger partial charge in [0.2, 0.25) is 0 Å². The van der Waals surface area contributed by atoms with Gasteiger partial charge in [0, 0.05) is 44.3 Å². The summed E-state index contributed by atoms with van der Waals surface area (Å²) in [6.45, 7) is 7.39. The third kappa shape index (κ3) is 4.74. The molecule has 2 saturated heterocycles. The zero-order valence-electron chi connectivity index (χ0n) is 19.9. The highest BCUT2D eigenvalue weighted by molar-refractivity contribution is 5.94. The minimum Gasteiger partial charge on any atom is -0.493 e. The Morgan fingerprint density at radius 1 is 1.23 bits per heavy atom. The Bertz CT molecular complexity index is 1170. The number of piperazine rings is 1. The highest BCUT2D eigenvalue weighted by atomic mass is 35.5. The van der Waals surface area contributed by atoms with Crippen LogP contribution in [0.4, 0.5) is 4.39 Å². The first-order chi connectivity index (χ1) is 16.5. The quantitative estimate of drug-likeness (QED) is 0.581. The smallest absolute Gasteiger partial charge is 0.338 e. The van der Waals surface area contributed by atoms with Gasteiger partial charge < -0.3 is 19.1 Å². The first kappa shape index (κ1) is 25.4. The number of esters is 1. The molecule has 3 aliphatic heterocycles. The van der Waals surface area contributed by atoms with Crippen LogP contribution in [-0.2, 0) is 22.5 Å². The van der Waals surface area contributed by atoms with Gasteiger partial charge in [0.25, 0.3) is 0 Å². The lowest BCUT2D eigenvalue weighted by Crippen LogP contribution is -2.58. The van der Waals surface area contributed by atoms with E-state index in [1.165, 1.54) is 13.2 Å². The van der Waals surface area contributed by atoms with Crippen LogP contribution >= 0.6 is 12.4 Å². The zero-order valence-corrected chi connectivity index (χ0v) is 20.7. The fourth-order valence-electron chi connectivity index (χ4n) is 5.33. The van der Waals surface area contributed by atoms with Gasteiger partial charge in [-0.2, -0.15) is 5.26 Å². The Kier molecular flexibility index (Phi) is 7.62. The number of hydrogen-bond donors (Lipinski definition) is 0. The van der Waals surface area contributed by atoms with Crippen LogP contribution in [0.25, 0.3) is 0 Å². The molecule has 0 bridgehead atoms. The molecule has 7 nitrogen and oxygen atoms in total. The average Bonchev–Trinajstić information content (AvgIpc) is 3.24. The molecule has 0 radical (unpaired) electrons. The van der Waals surface area contributed by atoms with Crippen molar-refractivity contribution in [3.8, 4) is 11.8 Å². The Labute approximate surface area is 210 Å². The van der Waals surface area contributed by atoms with E-state index in [-0.39, 0.29) is 35.8 Å². The number of carbonyl (C=O) groups excluding carboxylic acids is 1. The van der Waals surface area contributed by atoms with Gasteiger partial charge in [-0.15, -0.1) is 12.4 Å². The molecule has 3 heterocycles. The molecular weight excluding hydrogens is 473 g/mol. The standard InChI is InChI=1S/C26H28FN3O4.ClH/c1-16-20(5-6-21-22(16)15-34-26(21)31)23-13-30-10-9-29(12-19(30)14-33-23)8-7-17-3-4-18(11-28)24(27)25(17)32-2;/h3-6,19,23H,7-10,12-15H2,1-2H3;1H/t19-,23-;/m1./s1. The van der Waals surface area contributed by atoms with Gasteiger partial charge in [0.1, 0.15) is 12.7 Å². The predicted molar refractivity (Wildman–Crippen MR) is 129 cm³/mol. The number of halogens is 2. The molecule has 2 aromatic rings. The van der Waals surface area contributed by atoms with E-state index in [0.29, 0.717) is 31.2 Å². The van der Waals surface area contributed by atoms with Gasteiger partial charge in [-0.3, -0.25) is 4.90 Å². The van der Waals surface area contributed by atoms with Crippen LogP contribution in [0, 0.1) is 24.1 Å². The maximum absolute atomic E-state index is 14.4. The Morgan fingerprint density at radius 2 is 2.06 bits per heavy atom. The third-order valence-corrected chi connectivity index (χ3v) is 7.33. The molecular formula is C26H29ClFN3O4. The van der Waals surface area contributed by atoms with E-state index in [9.17, 15) is 9.18 Å². The van der Waals surface area contributed by atoms with Gasteiger partial charge in [-0.05, 0) is 42.2 Å². The van der Waals surface area contributed by atoms with Crippen molar-refractivity contribution in [2.75, 3.05) is 46.4 Å². The second-order valence-corrected chi connectivity index (χ2v) is 9.13. The zero-order chi connectivity index (χ0) is 23.8. The first-order valence-electron chi connectivity index (χ1n) is 11.6. The van der Waals surface area contributed by atoms with E-state index in [1.54, 1.807) is 6.07 Å². The molecule has 0 amide bonds.